The van der Waals surface area contributed by atoms with Gasteiger partial charge in [-0.05, 0) is 6.92 Å². The van der Waals surface area contributed by atoms with E-state index in [1.54, 1.807) is 6.92 Å². The minimum Gasteiger partial charge on any atom is -0.481 e. The van der Waals surface area contributed by atoms with Crippen LogP contribution in [0.15, 0.2) is 11.8 Å². The van der Waals surface area contributed by atoms with Gasteiger partial charge in [0.25, 0.3) is 0 Å². The Labute approximate surface area is 58.0 Å². The zero-order valence-corrected chi connectivity index (χ0v) is 5.53. The smallest absolute Gasteiger partial charge is 0.310 e. The molecule has 1 rings (SSSR count). The molecule has 4 nitrogen and oxygen atoms in total. The molecule has 0 saturated carbocycles. The fraction of sp³-hybridized carbons (Fsp3) is 0.500. The monoisotopic (exact) mass is 144 g/mol. The highest BCUT2D eigenvalue weighted by Crippen LogP contribution is 2.15. The summed E-state index contributed by atoms with van der Waals surface area (Å²) in [5.74, 6) is -1.37. The number of carboxylic acid groups (broad SMARTS) is 1. The normalized spacial score (nSPS) is 19.5. The van der Waals surface area contributed by atoms with Crippen molar-refractivity contribution in [3.05, 3.63) is 11.8 Å². The average Bonchev–Trinajstić information content (AvgIpc) is 2.36. The lowest BCUT2D eigenvalue weighted by molar-refractivity contribution is -0.222. The maximum absolute atomic E-state index is 10.3. The highest BCUT2D eigenvalue weighted by Gasteiger charge is 2.20. The van der Waals surface area contributed by atoms with Gasteiger partial charge in [0.1, 0.15) is 12.9 Å². The molecule has 0 aromatic carbocycles. The minimum absolute atomic E-state index is 0.257. The second-order valence-electron chi connectivity index (χ2n) is 2.11. The molecule has 0 aromatic heterocycles. The number of hydrogen-bond donors (Lipinski definition) is 1. The van der Waals surface area contributed by atoms with E-state index in [9.17, 15) is 4.79 Å². The van der Waals surface area contributed by atoms with Crippen LogP contribution >= 0.6 is 0 Å². The van der Waals surface area contributed by atoms with E-state index >= 15 is 0 Å². The van der Waals surface area contributed by atoms with Crippen molar-refractivity contribution in [3.63, 3.8) is 0 Å². The molecule has 0 bridgehead atoms. The third-order valence-electron chi connectivity index (χ3n) is 1.42. The Morgan fingerprint density at radius 2 is 2.60 bits per heavy atom. The van der Waals surface area contributed by atoms with Crippen LogP contribution in [0, 0.1) is 5.92 Å². The molecule has 0 amide bonds. The fourth-order valence-electron chi connectivity index (χ4n) is 0.618. The van der Waals surface area contributed by atoms with E-state index in [4.69, 9.17) is 5.11 Å². The topological polar surface area (TPSA) is 55.8 Å². The van der Waals surface area contributed by atoms with Crippen LogP contribution in [0.5, 0.6) is 0 Å². The van der Waals surface area contributed by atoms with Gasteiger partial charge < -0.3 is 9.99 Å². The first kappa shape index (κ1) is 7.08. The molecule has 1 unspecified atom stereocenters. The van der Waals surface area contributed by atoms with Gasteiger partial charge in [0.05, 0.1) is 5.92 Å². The van der Waals surface area contributed by atoms with Gasteiger partial charge in [0.2, 0.25) is 0 Å². The molecule has 0 saturated heterocycles. The largest absolute Gasteiger partial charge is 0.481 e. The molecule has 0 fully saturated rings. The van der Waals surface area contributed by atoms with Crippen molar-refractivity contribution in [2.24, 2.45) is 5.92 Å². The Hall–Kier alpha value is -1.03. The second kappa shape index (κ2) is 2.70. The van der Waals surface area contributed by atoms with Crippen LogP contribution in [0.3, 0.4) is 0 Å². The molecule has 1 atom stereocenters. The number of rotatable bonds is 2. The molecular formula is C6H8O4. The van der Waals surface area contributed by atoms with Gasteiger partial charge in [-0.25, -0.2) is 0 Å². The van der Waals surface area contributed by atoms with Crippen LogP contribution in [-0.2, 0) is 14.6 Å². The molecule has 1 N–H and O–H groups in total. The van der Waals surface area contributed by atoms with Crippen molar-refractivity contribution in [2.45, 2.75) is 6.92 Å². The summed E-state index contributed by atoms with van der Waals surface area (Å²) in [6, 6.07) is 0. The Balaban J connectivity index is 2.55. The summed E-state index contributed by atoms with van der Waals surface area (Å²) < 4.78 is 0. The first-order valence-electron chi connectivity index (χ1n) is 2.92. The first-order valence-corrected chi connectivity index (χ1v) is 2.92. The Bertz CT molecular complexity index is 173. The van der Waals surface area contributed by atoms with E-state index in [1.165, 1.54) is 6.26 Å². The van der Waals surface area contributed by atoms with Crippen LogP contribution in [0.25, 0.3) is 0 Å². The van der Waals surface area contributed by atoms with E-state index in [2.05, 4.69) is 9.78 Å². The van der Waals surface area contributed by atoms with Gasteiger partial charge in [0.15, 0.2) is 0 Å². The summed E-state index contributed by atoms with van der Waals surface area (Å²) in [6.45, 7) is 1.85. The molecule has 1 heterocycles. The van der Waals surface area contributed by atoms with Gasteiger partial charge in [-0.15, -0.1) is 0 Å². The maximum Gasteiger partial charge on any atom is 0.310 e. The summed E-state index contributed by atoms with van der Waals surface area (Å²) in [7, 11) is 0. The van der Waals surface area contributed by atoms with E-state index in [-0.39, 0.29) is 6.61 Å². The lowest BCUT2D eigenvalue weighted by Gasteiger charge is -2.01. The molecule has 4 heteroatoms. The molecule has 1 aliphatic rings. The highest BCUT2D eigenvalue weighted by atomic mass is 17.2. The lowest BCUT2D eigenvalue weighted by atomic mass is 10.0. The third-order valence-corrected chi connectivity index (χ3v) is 1.42. The van der Waals surface area contributed by atoms with Gasteiger partial charge >= 0.3 is 5.97 Å². The summed E-state index contributed by atoms with van der Waals surface area (Å²) in [5, 5.41) is 8.49. The number of carbonyl (C=O) groups is 1. The number of hydrogen-bond acceptors (Lipinski definition) is 3. The molecule has 0 radical (unpaired) electrons. The van der Waals surface area contributed by atoms with Crippen molar-refractivity contribution in [2.75, 3.05) is 6.61 Å². The first-order chi connectivity index (χ1) is 4.72. The van der Waals surface area contributed by atoms with Crippen molar-refractivity contribution in [1.82, 2.24) is 0 Å². The molecule has 10 heavy (non-hydrogen) atoms. The minimum atomic E-state index is -0.861. The van der Waals surface area contributed by atoms with Crippen molar-refractivity contribution in [3.8, 4) is 0 Å². The van der Waals surface area contributed by atoms with E-state index in [0.29, 0.717) is 5.57 Å². The van der Waals surface area contributed by atoms with Gasteiger partial charge in [-0.2, -0.15) is 4.89 Å². The fourth-order valence-corrected chi connectivity index (χ4v) is 0.618. The zero-order chi connectivity index (χ0) is 7.56. The van der Waals surface area contributed by atoms with Crippen LogP contribution in [0.4, 0.5) is 0 Å². The standard InChI is InChI=1S/C6H8O4/c1-4(6(7)8)5-2-9-10-3-5/h2,4H,3H2,1H3,(H,7,8). The Kier molecular flexibility index (Phi) is 1.91. The molecule has 0 aromatic rings. The predicted octanol–water partition coefficient (Wildman–Crippen LogP) is 0.553. The van der Waals surface area contributed by atoms with Crippen molar-refractivity contribution in [1.29, 1.82) is 0 Å². The summed E-state index contributed by atoms with van der Waals surface area (Å²) in [4.78, 5) is 19.2. The molecule has 0 spiro atoms. The zero-order valence-electron chi connectivity index (χ0n) is 5.53. The number of aliphatic carboxylic acids is 1. The number of carboxylic acids is 1. The van der Waals surface area contributed by atoms with Crippen molar-refractivity contribution >= 4 is 5.97 Å². The molecular weight excluding hydrogens is 136 g/mol. The lowest BCUT2D eigenvalue weighted by Crippen LogP contribution is -2.12. The average molecular weight is 144 g/mol. The van der Waals surface area contributed by atoms with E-state index in [0.717, 1.165) is 0 Å². The van der Waals surface area contributed by atoms with Crippen LogP contribution in [-0.4, -0.2) is 17.7 Å². The summed E-state index contributed by atoms with van der Waals surface area (Å²) >= 11 is 0. The second-order valence-corrected chi connectivity index (χ2v) is 2.11. The maximum atomic E-state index is 10.3. The molecule has 0 aliphatic carbocycles. The summed E-state index contributed by atoms with van der Waals surface area (Å²) in [5.41, 5.74) is 0.660. The SMILES string of the molecule is CC(C(=O)O)C1=COOC1. The van der Waals surface area contributed by atoms with Crippen LogP contribution in [0.1, 0.15) is 6.92 Å². The van der Waals surface area contributed by atoms with Crippen LogP contribution in [0.2, 0.25) is 0 Å². The third kappa shape index (κ3) is 1.27. The Morgan fingerprint density at radius 3 is 3.00 bits per heavy atom. The molecule has 1 aliphatic heterocycles. The van der Waals surface area contributed by atoms with Gasteiger partial charge in [-0.3, -0.25) is 4.79 Å². The van der Waals surface area contributed by atoms with Gasteiger partial charge in [0, 0.05) is 5.57 Å². The van der Waals surface area contributed by atoms with E-state index < -0.39 is 11.9 Å². The Morgan fingerprint density at radius 1 is 1.90 bits per heavy atom. The van der Waals surface area contributed by atoms with Gasteiger partial charge in [-0.1, -0.05) is 0 Å². The summed E-state index contributed by atoms with van der Waals surface area (Å²) in [6.07, 6.45) is 1.33. The highest BCUT2D eigenvalue weighted by molar-refractivity contribution is 5.73. The quantitative estimate of drug-likeness (QED) is 0.575. The van der Waals surface area contributed by atoms with Crippen molar-refractivity contribution < 1.29 is 19.7 Å². The van der Waals surface area contributed by atoms with Crippen LogP contribution < -0.4 is 0 Å². The molecule has 56 valence electrons. The predicted molar refractivity (Wildman–Crippen MR) is 31.9 cm³/mol. The van der Waals surface area contributed by atoms with E-state index in [1.807, 2.05) is 0 Å².